The van der Waals surface area contributed by atoms with Crippen LogP contribution in [-0.4, -0.2) is 23.9 Å². The van der Waals surface area contributed by atoms with E-state index in [1.807, 2.05) is 0 Å². The number of nitro benzene ring substituents is 1. The number of anilines is 1. The summed E-state index contributed by atoms with van der Waals surface area (Å²) in [5.41, 5.74) is 0.610. The molecule has 7 nitrogen and oxygen atoms in total. The number of hydrogen-bond donors (Lipinski definition) is 1. The Hall–Kier alpha value is -1.96. The molecule has 1 N–H and O–H groups in total. The molecule has 0 bridgehead atoms. The Kier molecular flexibility index (Phi) is 5.20. The van der Waals surface area contributed by atoms with E-state index in [1.54, 1.807) is 0 Å². The van der Waals surface area contributed by atoms with Crippen LogP contribution < -0.4 is 5.32 Å². The van der Waals surface area contributed by atoms with E-state index in [0.717, 1.165) is 0 Å². The van der Waals surface area contributed by atoms with Crippen LogP contribution in [0.2, 0.25) is 0 Å². The van der Waals surface area contributed by atoms with E-state index in [9.17, 15) is 19.7 Å². The van der Waals surface area contributed by atoms with Crippen molar-refractivity contribution in [3.05, 3.63) is 31.8 Å². The molecular weight excluding hydrogens is 332 g/mol. The maximum atomic E-state index is 11.3. The molecule has 8 heteroatoms. The monoisotopic (exact) mass is 344 g/mol. The van der Waals surface area contributed by atoms with Gasteiger partial charge >= 0.3 is 5.97 Å². The van der Waals surface area contributed by atoms with Gasteiger partial charge in [-0.1, -0.05) is 15.9 Å². The van der Waals surface area contributed by atoms with Crippen molar-refractivity contribution in [1.29, 1.82) is 0 Å². The first-order valence-electron chi connectivity index (χ1n) is 5.58. The first-order valence-corrected chi connectivity index (χ1v) is 6.38. The van der Waals surface area contributed by atoms with Gasteiger partial charge in [0.2, 0.25) is 5.91 Å². The van der Waals surface area contributed by atoms with Crippen LogP contribution in [0.25, 0.3) is 0 Å². The van der Waals surface area contributed by atoms with Gasteiger partial charge < -0.3 is 10.1 Å². The number of methoxy groups -OCH3 is 1. The van der Waals surface area contributed by atoms with Crippen molar-refractivity contribution >= 4 is 39.2 Å². The van der Waals surface area contributed by atoms with Gasteiger partial charge in [0.25, 0.3) is 5.69 Å². The molecule has 0 aliphatic heterocycles. The topological polar surface area (TPSA) is 98.5 Å². The van der Waals surface area contributed by atoms with Crippen molar-refractivity contribution < 1.29 is 19.2 Å². The zero-order valence-corrected chi connectivity index (χ0v) is 12.7. The van der Waals surface area contributed by atoms with Crippen LogP contribution in [0.3, 0.4) is 0 Å². The summed E-state index contributed by atoms with van der Waals surface area (Å²) < 4.78 is 5.06. The van der Waals surface area contributed by atoms with Crippen LogP contribution in [0.5, 0.6) is 0 Å². The number of esters is 1. The Morgan fingerprint density at radius 2 is 2.10 bits per heavy atom. The van der Waals surface area contributed by atoms with Gasteiger partial charge in [0.15, 0.2) is 0 Å². The van der Waals surface area contributed by atoms with Crippen molar-refractivity contribution in [3.63, 3.8) is 0 Å². The third kappa shape index (κ3) is 3.53. The molecule has 0 unspecified atom stereocenters. The second-order valence-electron chi connectivity index (χ2n) is 4.05. The lowest BCUT2D eigenvalue weighted by molar-refractivity contribution is -0.384. The Morgan fingerprint density at radius 3 is 2.55 bits per heavy atom. The lowest BCUT2D eigenvalue weighted by Crippen LogP contribution is -2.12. The third-order valence-corrected chi connectivity index (χ3v) is 3.37. The number of hydrogen-bond acceptors (Lipinski definition) is 5. The summed E-state index contributed by atoms with van der Waals surface area (Å²) in [4.78, 5) is 33.0. The van der Waals surface area contributed by atoms with Gasteiger partial charge in [-0.05, 0) is 18.6 Å². The number of nitrogens with one attached hydrogen (secondary N) is 1. The fourth-order valence-corrected chi connectivity index (χ4v) is 2.43. The summed E-state index contributed by atoms with van der Waals surface area (Å²) in [6, 6.07) is 1.41. The van der Waals surface area contributed by atoms with Gasteiger partial charge in [-0.3, -0.25) is 19.7 Å². The molecule has 0 saturated carbocycles. The molecule has 0 spiro atoms. The Labute approximate surface area is 123 Å². The van der Waals surface area contributed by atoms with Crippen LogP contribution in [0.1, 0.15) is 18.1 Å². The molecule has 108 valence electrons. The standard InChI is InChI=1S/C12H13BrN2O5/c1-6-8(4-11(17)20-3)9(13)5-10(14-7(2)16)12(6)15(18)19/h5H,4H2,1-3H3,(H,14,16). The average Bonchev–Trinajstić information content (AvgIpc) is 2.32. The van der Waals surface area contributed by atoms with Gasteiger partial charge in [0.05, 0.1) is 18.5 Å². The molecule has 20 heavy (non-hydrogen) atoms. The smallest absolute Gasteiger partial charge is 0.310 e. The molecule has 0 atom stereocenters. The van der Waals surface area contributed by atoms with Gasteiger partial charge in [-0.2, -0.15) is 0 Å². The normalized spacial score (nSPS) is 10.0. The SMILES string of the molecule is COC(=O)Cc1c(Br)cc(NC(C)=O)c([N+](=O)[O-])c1C. The van der Waals surface area contributed by atoms with E-state index >= 15 is 0 Å². The Morgan fingerprint density at radius 1 is 1.50 bits per heavy atom. The fraction of sp³-hybridized carbons (Fsp3) is 0.333. The molecular formula is C12H13BrN2O5. The van der Waals surface area contributed by atoms with Crippen LogP contribution in [0.15, 0.2) is 10.5 Å². The highest BCUT2D eigenvalue weighted by Crippen LogP contribution is 2.36. The first kappa shape index (κ1) is 16.1. The lowest BCUT2D eigenvalue weighted by Gasteiger charge is -2.12. The number of carbonyl (C=O) groups is 2. The Bertz CT molecular complexity index is 586. The van der Waals surface area contributed by atoms with Crippen LogP contribution >= 0.6 is 15.9 Å². The fourth-order valence-electron chi connectivity index (χ4n) is 1.76. The lowest BCUT2D eigenvalue weighted by atomic mass is 10.0. The highest BCUT2D eigenvalue weighted by Gasteiger charge is 2.24. The maximum absolute atomic E-state index is 11.3. The van der Waals surface area contributed by atoms with Gasteiger partial charge in [0, 0.05) is 17.0 Å². The van der Waals surface area contributed by atoms with E-state index in [-0.39, 0.29) is 17.8 Å². The number of ether oxygens (including phenoxy) is 1. The molecule has 1 amide bonds. The molecule has 0 aromatic heterocycles. The first-order chi connectivity index (χ1) is 9.27. The summed E-state index contributed by atoms with van der Waals surface area (Å²) in [7, 11) is 1.24. The van der Waals surface area contributed by atoms with Gasteiger partial charge in [0.1, 0.15) is 5.69 Å². The van der Waals surface area contributed by atoms with Crippen LogP contribution in [0, 0.1) is 17.0 Å². The Balaban J connectivity index is 3.43. The van der Waals surface area contributed by atoms with E-state index in [0.29, 0.717) is 15.6 Å². The zero-order chi connectivity index (χ0) is 15.4. The summed E-state index contributed by atoms with van der Waals surface area (Å²) in [6.07, 6.45) is -0.0931. The van der Waals surface area contributed by atoms with Crippen molar-refractivity contribution in [2.24, 2.45) is 0 Å². The van der Waals surface area contributed by atoms with Crippen molar-refractivity contribution in [2.75, 3.05) is 12.4 Å². The number of rotatable bonds is 4. The number of nitro groups is 1. The van der Waals surface area contributed by atoms with Gasteiger partial charge in [-0.25, -0.2) is 0 Å². The highest BCUT2D eigenvalue weighted by atomic mass is 79.9. The number of benzene rings is 1. The summed E-state index contributed by atoms with van der Waals surface area (Å²) in [5, 5.41) is 13.6. The van der Waals surface area contributed by atoms with Gasteiger partial charge in [-0.15, -0.1) is 0 Å². The van der Waals surface area contributed by atoms with Crippen molar-refractivity contribution in [3.8, 4) is 0 Å². The minimum atomic E-state index is -0.589. The number of halogens is 1. The molecule has 0 fully saturated rings. The maximum Gasteiger partial charge on any atom is 0.310 e. The molecule has 0 radical (unpaired) electrons. The van der Waals surface area contributed by atoms with Crippen LogP contribution in [0.4, 0.5) is 11.4 Å². The largest absolute Gasteiger partial charge is 0.469 e. The summed E-state index contributed by atoms with van der Waals surface area (Å²) in [5.74, 6) is -0.921. The minimum Gasteiger partial charge on any atom is -0.469 e. The molecule has 0 aliphatic carbocycles. The third-order valence-electron chi connectivity index (χ3n) is 2.66. The predicted octanol–water partition coefficient (Wildman–Crippen LogP) is 2.34. The summed E-state index contributed by atoms with van der Waals surface area (Å²) >= 11 is 3.25. The second-order valence-corrected chi connectivity index (χ2v) is 4.90. The number of amides is 1. The molecule has 0 heterocycles. The van der Waals surface area contributed by atoms with E-state index in [2.05, 4.69) is 26.0 Å². The minimum absolute atomic E-state index is 0.0838. The molecule has 0 aliphatic rings. The van der Waals surface area contributed by atoms with E-state index in [4.69, 9.17) is 0 Å². The van der Waals surface area contributed by atoms with E-state index in [1.165, 1.54) is 27.0 Å². The zero-order valence-electron chi connectivity index (χ0n) is 11.2. The van der Waals surface area contributed by atoms with Crippen molar-refractivity contribution in [2.45, 2.75) is 20.3 Å². The molecule has 0 saturated heterocycles. The second kappa shape index (κ2) is 6.47. The highest BCUT2D eigenvalue weighted by molar-refractivity contribution is 9.10. The molecule has 1 rings (SSSR count). The predicted molar refractivity (Wildman–Crippen MR) is 75.6 cm³/mol. The molecule has 1 aromatic rings. The molecule has 1 aromatic carbocycles. The van der Waals surface area contributed by atoms with Crippen molar-refractivity contribution in [1.82, 2.24) is 0 Å². The quantitative estimate of drug-likeness (QED) is 0.513. The number of nitrogens with zero attached hydrogens (tertiary/aromatic N) is 1. The number of carbonyl (C=O) groups excluding carboxylic acids is 2. The summed E-state index contributed by atoms with van der Waals surface area (Å²) in [6.45, 7) is 2.78. The average molecular weight is 345 g/mol. The van der Waals surface area contributed by atoms with Crippen LogP contribution in [-0.2, 0) is 20.7 Å². The van der Waals surface area contributed by atoms with E-state index < -0.39 is 16.8 Å².